The molecule has 0 bridgehead atoms. The molecule has 50 heavy (non-hydrogen) atoms. The Labute approximate surface area is 288 Å². The number of methoxy groups -OCH3 is 2. The Bertz CT molecular complexity index is 1730. The van der Waals surface area contributed by atoms with Crippen molar-refractivity contribution >= 4 is 34.5 Å². The average molecular weight is 701 g/mol. The van der Waals surface area contributed by atoms with Gasteiger partial charge in [-0.2, -0.15) is 0 Å². The first-order chi connectivity index (χ1) is 23.9. The predicted molar refractivity (Wildman–Crippen MR) is 181 cm³/mol. The van der Waals surface area contributed by atoms with Crippen LogP contribution in [-0.4, -0.2) is 93.5 Å². The number of anilines is 1. The fourth-order valence-electron chi connectivity index (χ4n) is 5.43. The van der Waals surface area contributed by atoms with Gasteiger partial charge in [0.1, 0.15) is 18.3 Å². The molecule has 15 heteroatoms. The van der Waals surface area contributed by atoms with Crippen LogP contribution >= 0.6 is 0 Å². The van der Waals surface area contributed by atoms with Crippen LogP contribution in [-0.2, 0) is 21.4 Å². The molecule has 1 saturated heterocycles. The number of hydrogen-bond donors (Lipinski definition) is 6. The summed E-state index contributed by atoms with van der Waals surface area (Å²) >= 11 is 0. The molecule has 0 saturated carbocycles. The van der Waals surface area contributed by atoms with Crippen LogP contribution in [0.3, 0.4) is 0 Å². The SMILES string of the molecule is CCCCCCCCOc1c(OC(=O)[C@H]2O[C@H](O)[C@H](O)[C@@H](O)[C@@H]2O)c2ccc(NC(=O)/C=C/c3cc(OC)c(O)c(OC)c3)cc2n(C)c1=O. The number of aryl methyl sites for hydroxylation is 1. The van der Waals surface area contributed by atoms with Crippen LogP contribution < -0.4 is 29.8 Å². The van der Waals surface area contributed by atoms with Crippen LogP contribution in [0.25, 0.3) is 17.0 Å². The van der Waals surface area contributed by atoms with Gasteiger partial charge >= 0.3 is 5.97 Å². The lowest BCUT2D eigenvalue weighted by Crippen LogP contribution is -2.60. The first-order valence-corrected chi connectivity index (χ1v) is 16.2. The minimum atomic E-state index is -1.99. The molecule has 5 atom stereocenters. The summed E-state index contributed by atoms with van der Waals surface area (Å²) in [6.07, 6.45) is -1.16. The molecule has 15 nitrogen and oxygen atoms in total. The number of carbonyl (C=O) groups is 2. The molecule has 0 unspecified atom stereocenters. The number of hydrogen-bond acceptors (Lipinski definition) is 13. The second-order valence-corrected chi connectivity index (χ2v) is 11.8. The number of nitrogens with one attached hydrogen (secondary N) is 1. The molecule has 3 aromatic rings. The zero-order chi connectivity index (χ0) is 36.5. The highest BCUT2D eigenvalue weighted by Gasteiger charge is 2.47. The molecule has 0 spiro atoms. The molecule has 6 N–H and O–H groups in total. The van der Waals surface area contributed by atoms with Crippen LogP contribution in [0.4, 0.5) is 5.69 Å². The molecule has 2 aromatic carbocycles. The van der Waals surface area contributed by atoms with E-state index in [-0.39, 0.29) is 51.9 Å². The van der Waals surface area contributed by atoms with E-state index in [1.807, 2.05) is 0 Å². The average Bonchev–Trinajstić information content (AvgIpc) is 3.11. The molecule has 1 amide bonds. The summed E-state index contributed by atoms with van der Waals surface area (Å²) in [4.78, 5) is 39.8. The minimum Gasteiger partial charge on any atom is -0.502 e. The largest absolute Gasteiger partial charge is 0.502 e. The van der Waals surface area contributed by atoms with Gasteiger partial charge in [-0.3, -0.25) is 9.59 Å². The molecule has 1 fully saturated rings. The van der Waals surface area contributed by atoms with E-state index in [0.717, 1.165) is 32.1 Å². The highest BCUT2D eigenvalue weighted by molar-refractivity contribution is 6.03. The maximum absolute atomic E-state index is 13.6. The lowest BCUT2D eigenvalue weighted by Gasteiger charge is -2.36. The van der Waals surface area contributed by atoms with Crippen molar-refractivity contribution < 1.29 is 58.8 Å². The molecule has 0 aliphatic carbocycles. The minimum absolute atomic E-state index is 0.142. The van der Waals surface area contributed by atoms with Crippen molar-refractivity contribution in [1.82, 2.24) is 4.57 Å². The van der Waals surface area contributed by atoms with E-state index in [1.165, 1.54) is 68.3 Å². The van der Waals surface area contributed by atoms with Crippen molar-refractivity contribution in [3.63, 3.8) is 0 Å². The van der Waals surface area contributed by atoms with Crippen LogP contribution in [0.1, 0.15) is 51.0 Å². The predicted octanol–water partition coefficient (Wildman–Crippen LogP) is 2.36. The number of aromatic hydroxyl groups is 1. The van der Waals surface area contributed by atoms with Gasteiger partial charge in [0.15, 0.2) is 29.6 Å². The van der Waals surface area contributed by atoms with Crippen molar-refractivity contribution in [2.75, 3.05) is 26.1 Å². The smallest absolute Gasteiger partial charge is 0.343 e. The molecular formula is C35H44N2O13. The van der Waals surface area contributed by atoms with E-state index >= 15 is 0 Å². The number of benzene rings is 2. The van der Waals surface area contributed by atoms with Gasteiger partial charge in [0.25, 0.3) is 5.56 Å². The molecule has 1 aliphatic rings. The van der Waals surface area contributed by atoms with Gasteiger partial charge in [-0.15, -0.1) is 0 Å². The van der Waals surface area contributed by atoms with Gasteiger partial charge in [-0.25, -0.2) is 4.79 Å². The van der Waals surface area contributed by atoms with Gasteiger partial charge in [0.2, 0.25) is 17.4 Å². The number of phenols is 1. The second-order valence-electron chi connectivity index (χ2n) is 11.8. The Kier molecular flexibility index (Phi) is 13.2. The van der Waals surface area contributed by atoms with E-state index in [2.05, 4.69) is 12.2 Å². The number of ether oxygens (including phenoxy) is 5. The zero-order valence-electron chi connectivity index (χ0n) is 28.3. The number of pyridine rings is 1. The van der Waals surface area contributed by atoms with Gasteiger partial charge in [-0.05, 0) is 48.4 Å². The van der Waals surface area contributed by atoms with Gasteiger partial charge in [0.05, 0.1) is 26.3 Å². The Morgan fingerprint density at radius 2 is 1.58 bits per heavy atom. The molecule has 2 heterocycles. The van der Waals surface area contributed by atoms with Crippen molar-refractivity contribution in [3.8, 4) is 28.7 Å². The van der Waals surface area contributed by atoms with E-state index in [4.69, 9.17) is 23.7 Å². The summed E-state index contributed by atoms with van der Waals surface area (Å²) in [6, 6.07) is 7.53. The van der Waals surface area contributed by atoms with Crippen molar-refractivity contribution in [3.05, 3.63) is 52.3 Å². The van der Waals surface area contributed by atoms with E-state index < -0.39 is 48.1 Å². The Balaban J connectivity index is 1.63. The summed E-state index contributed by atoms with van der Waals surface area (Å²) in [5.74, 6) is -2.25. The van der Waals surface area contributed by atoms with E-state index in [0.29, 0.717) is 12.0 Å². The van der Waals surface area contributed by atoms with Crippen molar-refractivity contribution in [2.45, 2.75) is 76.2 Å². The number of nitrogens with zero attached hydrogens (tertiary/aromatic N) is 1. The Morgan fingerprint density at radius 3 is 2.24 bits per heavy atom. The number of aliphatic hydroxyl groups excluding tert-OH is 4. The van der Waals surface area contributed by atoms with Crippen LogP contribution in [0.15, 0.2) is 41.2 Å². The number of aromatic nitrogens is 1. The van der Waals surface area contributed by atoms with Crippen molar-refractivity contribution in [2.24, 2.45) is 7.05 Å². The molecule has 0 radical (unpaired) electrons. The molecule has 1 aliphatic heterocycles. The molecule has 4 rings (SSSR count). The fraction of sp³-hybridized carbons (Fsp3) is 0.457. The number of phenolic OH excluding ortho intramolecular Hbond substituents is 1. The zero-order valence-corrected chi connectivity index (χ0v) is 28.3. The number of rotatable bonds is 15. The summed E-state index contributed by atoms with van der Waals surface area (Å²) < 4.78 is 28.1. The topological polar surface area (TPSA) is 215 Å². The standard InChI is InChI=1S/C35H44N2O13/c1-5-6-7-8-9-10-15-48-32-30(49-35(45)31-28(41)27(40)29(42)34(44)50-31)21-13-12-20(18-22(21)37(2)33(32)43)36-25(38)14-11-19-16-23(46-3)26(39)24(17-19)47-4/h11-14,16-18,27-29,31,34,39-42,44H,5-10,15H2,1-4H3,(H,36,38)/b14-11+/t27-,28-,29+,31-,34-/m0/s1. The van der Waals surface area contributed by atoms with Gasteiger partial charge in [0, 0.05) is 24.2 Å². The Morgan fingerprint density at radius 1 is 0.920 bits per heavy atom. The lowest BCUT2D eigenvalue weighted by atomic mass is 9.99. The maximum Gasteiger partial charge on any atom is 0.343 e. The molecular weight excluding hydrogens is 656 g/mol. The molecule has 272 valence electrons. The summed E-state index contributed by atoms with van der Waals surface area (Å²) in [5.41, 5.74) is 0.368. The fourth-order valence-corrected chi connectivity index (χ4v) is 5.43. The van der Waals surface area contributed by atoms with Crippen LogP contribution in [0.2, 0.25) is 0 Å². The first-order valence-electron chi connectivity index (χ1n) is 16.2. The number of amides is 1. The van der Waals surface area contributed by atoms with Gasteiger partial charge < -0.3 is 59.1 Å². The van der Waals surface area contributed by atoms with E-state index in [9.17, 15) is 39.9 Å². The van der Waals surface area contributed by atoms with Crippen molar-refractivity contribution in [1.29, 1.82) is 0 Å². The quantitative estimate of drug-likeness (QED) is 0.0764. The third-order valence-corrected chi connectivity index (χ3v) is 8.27. The third kappa shape index (κ3) is 8.73. The lowest BCUT2D eigenvalue weighted by molar-refractivity contribution is -0.279. The normalized spacial score (nSPS) is 20.5. The number of aliphatic hydroxyl groups is 4. The number of carbonyl (C=O) groups excluding carboxylic acids is 2. The number of fused-ring (bicyclic) bond motifs is 1. The Hall–Kier alpha value is -4.67. The molecule has 1 aromatic heterocycles. The van der Waals surface area contributed by atoms with Crippen LogP contribution in [0.5, 0.6) is 28.7 Å². The summed E-state index contributed by atoms with van der Waals surface area (Å²) in [7, 11) is 4.24. The summed E-state index contributed by atoms with van der Waals surface area (Å²) in [6.45, 7) is 2.26. The van der Waals surface area contributed by atoms with E-state index in [1.54, 1.807) is 0 Å². The second kappa shape index (κ2) is 17.3. The third-order valence-electron chi connectivity index (χ3n) is 8.27. The number of unbranched alkanes of at least 4 members (excludes halogenated alkanes) is 5. The maximum atomic E-state index is 13.6. The monoisotopic (exact) mass is 700 g/mol. The first kappa shape index (κ1) is 38.1. The summed E-state index contributed by atoms with van der Waals surface area (Å²) in [5, 5.41) is 53.4. The highest BCUT2D eigenvalue weighted by Crippen LogP contribution is 2.38. The van der Waals surface area contributed by atoms with Crippen LogP contribution in [0, 0.1) is 0 Å². The van der Waals surface area contributed by atoms with Gasteiger partial charge in [-0.1, -0.05) is 39.0 Å². The number of esters is 1. The highest BCUT2D eigenvalue weighted by atomic mass is 16.7.